The molecule has 1 saturated heterocycles. The maximum atomic E-state index is 13.0. The van der Waals surface area contributed by atoms with Crippen LogP contribution in [-0.4, -0.2) is 37.6 Å². The number of anilines is 1. The minimum atomic E-state index is -3.58. The highest BCUT2D eigenvalue weighted by molar-refractivity contribution is 7.89. The maximum absolute atomic E-state index is 13.0. The fraction of sp³-hybridized carbons (Fsp3) is 0.400. The minimum Gasteiger partial charge on any atom is -0.351 e. The third kappa shape index (κ3) is 5.23. The first-order valence-corrected chi connectivity index (χ1v) is 11.8. The van der Waals surface area contributed by atoms with Crippen molar-refractivity contribution in [3.63, 3.8) is 0 Å². The van der Waals surface area contributed by atoms with E-state index < -0.39 is 10.0 Å². The van der Waals surface area contributed by atoms with Crippen LogP contribution in [0.2, 0.25) is 0 Å². The molecule has 1 aliphatic heterocycles. The van der Waals surface area contributed by atoms with Crippen molar-refractivity contribution in [2.45, 2.75) is 44.6 Å². The van der Waals surface area contributed by atoms with E-state index in [2.05, 4.69) is 10.6 Å². The number of benzene rings is 1. The standard InChI is InChI=1S/C20H25N3O4S2/c1-14-6-7-16(12-19(14)29(26,27)23-10-4-3-5-11-23)22-20(25)18-9-8-17(28-18)13-21-15(2)24/h6-9,12H,3-5,10-11,13H2,1-2H3,(H,21,24)(H,22,25). The SMILES string of the molecule is CC(=O)NCc1ccc(C(=O)Nc2ccc(C)c(S(=O)(=O)N3CCCCC3)c2)s1. The molecule has 1 aliphatic rings. The first-order valence-electron chi connectivity index (χ1n) is 9.52. The molecule has 3 rings (SSSR count). The quantitative estimate of drug-likeness (QED) is 0.729. The van der Waals surface area contributed by atoms with Gasteiger partial charge < -0.3 is 10.6 Å². The highest BCUT2D eigenvalue weighted by Crippen LogP contribution is 2.26. The molecule has 7 nitrogen and oxygen atoms in total. The van der Waals surface area contributed by atoms with Crippen molar-refractivity contribution in [3.05, 3.63) is 45.6 Å². The molecule has 9 heteroatoms. The van der Waals surface area contributed by atoms with E-state index in [-0.39, 0.29) is 16.7 Å². The van der Waals surface area contributed by atoms with Gasteiger partial charge in [-0.25, -0.2) is 8.42 Å². The zero-order chi connectivity index (χ0) is 21.0. The van der Waals surface area contributed by atoms with Crippen LogP contribution >= 0.6 is 11.3 Å². The van der Waals surface area contributed by atoms with Crippen molar-refractivity contribution >= 4 is 38.9 Å². The lowest BCUT2D eigenvalue weighted by Crippen LogP contribution is -2.36. The summed E-state index contributed by atoms with van der Waals surface area (Å²) in [6.07, 6.45) is 2.79. The van der Waals surface area contributed by atoms with Crippen LogP contribution in [0.1, 0.15) is 46.3 Å². The van der Waals surface area contributed by atoms with Gasteiger partial charge >= 0.3 is 0 Å². The molecule has 2 aromatic rings. The second-order valence-electron chi connectivity index (χ2n) is 7.07. The summed E-state index contributed by atoms with van der Waals surface area (Å²) in [5, 5.41) is 5.47. The number of aryl methyl sites for hydroxylation is 1. The average Bonchev–Trinajstić information content (AvgIpc) is 3.17. The van der Waals surface area contributed by atoms with Gasteiger partial charge in [0, 0.05) is 30.6 Å². The number of rotatable bonds is 6. The summed E-state index contributed by atoms with van der Waals surface area (Å²) in [5.74, 6) is -0.444. The van der Waals surface area contributed by atoms with Crippen LogP contribution < -0.4 is 10.6 Å². The number of sulfonamides is 1. The predicted molar refractivity (Wildman–Crippen MR) is 114 cm³/mol. The van der Waals surface area contributed by atoms with Gasteiger partial charge in [0.25, 0.3) is 5.91 Å². The third-order valence-corrected chi connectivity index (χ3v) is 7.90. The van der Waals surface area contributed by atoms with Gasteiger partial charge in [0.2, 0.25) is 15.9 Å². The van der Waals surface area contributed by atoms with Gasteiger partial charge in [0.05, 0.1) is 16.3 Å². The monoisotopic (exact) mass is 435 g/mol. The van der Waals surface area contributed by atoms with Crippen molar-refractivity contribution in [3.8, 4) is 0 Å². The van der Waals surface area contributed by atoms with E-state index in [0.29, 0.717) is 35.8 Å². The summed E-state index contributed by atoms with van der Waals surface area (Å²) in [4.78, 5) is 25.2. The van der Waals surface area contributed by atoms with Gasteiger partial charge in [-0.2, -0.15) is 4.31 Å². The largest absolute Gasteiger partial charge is 0.351 e. The number of nitrogens with zero attached hydrogens (tertiary/aromatic N) is 1. The van der Waals surface area contributed by atoms with Crippen LogP contribution in [0.3, 0.4) is 0 Å². The first-order chi connectivity index (χ1) is 13.8. The van der Waals surface area contributed by atoms with Gasteiger partial charge in [-0.3, -0.25) is 9.59 Å². The van der Waals surface area contributed by atoms with Gasteiger partial charge in [0.1, 0.15) is 0 Å². The first kappa shape index (κ1) is 21.5. The Kier molecular flexibility index (Phi) is 6.71. The van der Waals surface area contributed by atoms with Crippen LogP contribution in [0, 0.1) is 6.92 Å². The molecule has 2 N–H and O–H groups in total. The summed E-state index contributed by atoms with van der Waals surface area (Å²) in [6, 6.07) is 8.42. The Labute approximate surface area is 175 Å². The van der Waals surface area contributed by atoms with Gasteiger partial charge in [-0.05, 0) is 49.6 Å². The van der Waals surface area contributed by atoms with Crippen LogP contribution in [0.25, 0.3) is 0 Å². The molecule has 0 spiro atoms. The minimum absolute atomic E-state index is 0.133. The zero-order valence-electron chi connectivity index (χ0n) is 16.5. The molecular weight excluding hydrogens is 410 g/mol. The smallest absolute Gasteiger partial charge is 0.265 e. The number of hydrogen-bond acceptors (Lipinski definition) is 5. The van der Waals surface area contributed by atoms with E-state index in [0.717, 1.165) is 24.1 Å². The number of piperidine rings is 1. The highest BCUT2D eigenvalue weighted by Gasteiger charge is 2.27. The van der Waals surface area contributed by atoms with Crippen LogP contribution in [0.15, 0.2) is 35.2 Å². The molecule has 0 atom stereocenters. The number of carbonyl (C=O) groups excluding carboxylic acids is 2. The number of carbonyl (C=O) groups is 2. The van der Waals surface area contributed by atoms with E-state index in [1.807, 2.05) is 0 Å². The molecule has 29 heavy (non-hydrogen) atoms. The number of amides is 2. The molecule has 156 valence electrons. The molecule has 1 aromatic heterocycles. The predicted octanol–water partition coefficient (Wildman–Crippen LogP) is 3.12. The Bertz CT molecular complexity index is 1010. The second-order valence-corrected chi connectivity index (χ2v) is 10.1. The van der Waals surface area contributed by atoms with Crippen LogP contribution in [-0.2, 0) is 21.4 Å². The molecule has 2 heterocycles. The lowest BCUT2D eigenvalue weighted by atomic mass is 10.2. The Morgan fingerprint density at radius 1 is 1.10 bits per heavy atom. The molecule has 0 saturated carbocycles. The zero-order valence-corrected chi connectivity index (χ0v) is 18.2. The van der Waals surface area contributed by atoms with Crippen molar-refractivity contribution < 1.29 is 18.0 Å². The molecule has 2 amide bonds. The third-order valence-electron chi connectivity index (χ3n) is 4.78. The molecule has 1 aromatic carbocycles. The Hall–Kier alpha value is -2.23. The molecule has 1 fully saturated rings. The van der Waals surface area contributed by atoms with Crippen molar-refractivity contribution in [1.29, 1.82) is 0 Å². The number of hydrogen-bond donors (Lipinski definition) is 2. The van der Waals surface area contributed by atoms with E-state index in [1.165, 1.54) is 28.6 Å². The Morgan fingerprint density at radius 2 is 1.83 bits per heavy atom. The number of nitrogens with one attached hydrogen (secondary N) is 2. The maximum Gasteiger partial charge on any atom is 0.265 e. The average molecular weight is 436 g/mol. The summed E-state index contributed by atoms with van der Waals surface area (Å²) >= 11 is 1.28. The van der Waals surface area contributed by atoms with Crippen LogP contribution in [0.4, 0.5) is 5.69 Å². The van der Waals surface area contributed by atoms with Crippen molar-refractivity contribution in [1.82, 2.24) is 9.62 Å². The highest BCUT2D eigenvalue weighted by atomic mass is 32.2. The van der Waals surface area contributed by atoms with Crippen LogP contribution in [0.5, 0.6) is 0 Å². The molecule has 0 bridgehead atoms. The Morgan fingerprint density at radius 3 is 2.52 bits per heavy atom. The van der Waals surface area contributed by atoms with E-state index in [4.69, 9.17) is 0 Å². The lowest BCUT2D eigenvalue weighted by Gasteiger charge is -2.26. The molecule has 0 unspecified atom stereocenters. The van der Waals surface area contributed by atoms with E-state index in [9.17, 15) is 18.0 Å². The van der Waals surface area contributed by atoms with Crippen molar-refractivity contribution in [2.24, 2.45) is 0 Å². The fourth-order valence-corrected chi connectivity index (χ4v) is 5.81. The Balaban J connectivity index is 1.76. The van der Waals surface area contributed by atoms with Crippen molar-refractivity contribution in [2.75, 3.05) is 18.4 Å². The molecular formula is C20H25N3O4S2. The summed E-state index contributed by atoms with van der Waals surface area (Å²) < 4.78 is 27.6. The summed E-state index contributed by atoms with van der Waals surface area (Å²) in [5.41, 5.74) is 1.09. The van der Waals surface area contributed by atoms with Gasteiger partial charge in [-0.15, -0.1) is 11.3 Å². The van der Waals surface area contributed by atoms with E-state index in [1.54, 1.807) is 31.2 Å². The summed E-state index contributed by atoms with van der Waals surface area (Å²) in [7, 11) is -3.58. The normalized spacial score (nSPS) is 15.1. The number of thiophene rings is 1. The second kappa shape index (κ2) is 9.06. The topological polar surface area (TPSA) is 95.6 Å². The molecule has 0 radical (unpaired) electrons. The molecule has 0 aliphatic carbocycles. The summed E-state index contributed by atoms with van der Waals surface area (Å²) in [6.45, 7) is 4.63. The van der Waals surface area contributed by atoms with E-state index >= 15 is 0 Å². The van der Waals surface area contributed by atoms with Gasteiger partial charge in [0.15, 0.2) is 0 Å². The van der Waals surface area contributed by atoms with Gasteiger partial charge in [-0.1, -0.05) is 12.5 Å². The lowest BCUT2D eigenvalue weighted by molar-refractivity contribution is -0.119. The fourth-order valence-electron chi connectivity index (χ4n) is 3.20.